The second kappa shape index (κ2) is 3.55. The lowest BCUT2D eigenvalue weighted by molar-refractivity contribution is -0.108. The van der Waals surface area contributed by atoms with E-state index in [1.54, 1.807) is 14.2 Å². The van der Waals surface area contributed by atoms with Crippen LogP contribution >= 0.6 is 0 Å². The molecule has 5 nitrogen and oxygen atoms in total. The fraction of sp³-hybridized carbons (Fsp3) is 0.571. The van der Waals surface area contributed by atoms with E-state index in [0.717, 1.165) is 5.69 Å². The molecule has 0 aliphatic carbocycles. The number of hydrogen-bond donors (Lipinski definition) is 2. The molecule has 1 aromatic heterocycles. The molecule has 68 valence electrons. The van der Waals surface area contributed by atoms with E-state index in [-0.39, 0.29) is 0 Å². The van der Waals surface area contributed by atoms with E-state index in [9.17, 15) is 0 Å². The van der Waals surface area contributed by atoms with E-state index < -0.39 is 6.29 Å². The van der Waals surface area contributed by atoms with Crippen LogP contribution in [0.4, 0.5) is 5.95 Å². The van der Waals surface area contributed by atoms with Crippen LogP contribution in [0.2, 0.25) is 0 Å². The Balaban J connectivity index is 2.91. The van der Waals surface area contributed by atoms with Crippen LogP contribution in [-0.2, 0) is 9.47 Å². The Kier molecular flexibility index (Phi) is 2.67. The van der Waals surface area contributed by atoms with Gasteiger partial charge in [0.2, 0.25) is 6.29 Å². The molecule has 0 saturated heterocycles. The minimum Gasteiger partial charge on any atom is -0.369 e. The van der Waals surface area contributed by atoms with Crippen molar-refractivity contribution in [2.45, 2.75) is 13.2 Å². The van der Waals surface area contributed by atoms with E-state index in [1.807, 2.05) is 6.92 Å². The number of imidazole rings is 1. The van der Waals surface area contributed by atoms with Crippen LogP contribution in [0.5, 0.6) is 0 Å². The van der Waals surface area contributed by atoms with Crippen molar-refractivity contribution in [3.8, 4) is 0 Å². The van der Waals surface area contributed by atoms with E-state index >= 15 is 0 Å². The predicted molar refractivity (Wildman–Crippen MR) is 44.5 cm³/mol. The third-order valence-electron chi connectivity index (χ3n) is 1.59. The first-order valence-electron chi connectivity index (χ1n) is 3.56. The van der Waals surface area contributed by atoms with E-state index in [2.05, 4.69) is 9.97 Å². The number of ether oxygens (including phenoxy) is 2. The first-order valence-corrected chi connectivity index (χ1v) is 3.56. The summed E-state index contributed by atoms with van der Waals surface area (Å²) in [5, 5.41) is 0. The maximum absolute atomic E-state index is 5.45. The molecule has 1 rings (SSSR count). The van der Waals surface area contributed by atoms with E-state index in [4.69, 9.17) is 15.2 Å². The number of H-pyrrole nitrogens is 1. The smallest absolute Gasteiger partial charge is 0.202 e. The first-order chi connectivity index (χ1) is 5.69. The van der Waals surface area contributed by atoms with Crippen LogP contribution in [-0.4, -0.2) is 24.2 Å². The molecule has 5 heteroatoms. The minimum absolute atomic E-state index is 0.376. The summed E-state index contributed by atoms with van der Waals surface area (Å²) in [5.74, 6) is 0.376. The monoisotopic (exact) mass is 171 g/mol. The lowest BCUT2D eigenvalue weighted by atomic mass is 10.3. The fourth-order valence-corrected chi connectivity index (χ4v) is 1.05. The van der Waals surface area contributed by atoms with Crippen molar-refractivity contribution < 1.29 is 9.47 Å². The summed E-state index contributed by atoms with van der Waals surface area (Å²) in [4.78, 5) is 6.89. The average molecular weight is 171 g/mol. The number of hydrogen-bond acceptors (Lipinski definition) is 4. The summed E-state index contributed by atoms with van der Waals surface area (Å²) in [6.07, 6.45) is -0.446. The van der Waals surface area contributed by atoms with Gasteiger partial charge in [-0.2, -0.15) is 0 Å². The van der Waals surface area contributed by atoms with Crippen LogP contribution in [0.1, 0.15) is 17.7 Å². The second-order valence-electron chi connectivity index (χ2n) is 2.44. The number of nitrogens with zero attached hydrogens (tertiary/aromatic N) is 1. The Hall–Kier alpha value is -1.07. The van der Waals surface area contributed by atoms with Gasteiger partial charge < -0.3 is 20.2 Å². The molecular weight excluding hydrogens is 158 g/mol. The topological polar surface area (TPSA) is 73.2 Å². The molecule has 0 amide bonds. The van der Waals surface area contributed by atoms with Gasteiger partial charge in [0.25, 0.3) is 0 Å². The molecule has 3 N–H and O–H groups in total. The van der Waals surface area contributed by atoms with Gasteiger partial charge in [0.05, 0.1) is 0 Å². The Morgan fingerprint density at radius 3 is 2.33 bits per heavy atom. The van der Waals surface area contributed by atoms with Crippen molar-refractivity contribution in [3.63, 3.8) is 0 Å². The third-order valence-corrected chi connectivity index (χ3v) is 1.59. The van der Waals surface area contributed by atoms with Crippen LogP contribution in [0.15, 0.2) is 0 Å². The highest BCUT2D eigenvalue weighted by molar-refractivity contribution is 5.25. The quantitative estimate of drug-likeness (QED) is 0.653. The average Bonchev–Trinajstić information content (AvgIpc) is 2.34. The standard InChI is InChI=1S/C7H13N3O2/c1-4-5(6(11-2)12-3)10-7(8)9-4/h6H,1-3H3,(H3,8,9,10). The molecule has 12 heavy (non-hydrogen) atoms. The minimum atomic E-state index is -0.446. The van der Waals surface area contributed by atoms with Gasteiger partial charge in [0, 0.05) is 19.9 Å². The normalized spacial score (nSPS) is 11.0. The molecule has 0 aliphatic heterocycles. The van der Waals surface area contributed by atoms with Gasteiger partial charge in [-0.1, -0.05) is 0 Å². The van der Waals surface area contributed by atoms with Crippen molar-refractivity contribution in [1.29, 1.82) is 0 Å². The number of nitrogens with two attached hydrogens (primary N) is 1. The Bertz CT molecular complexity index is 255. The van der Waals surface area contributed by atoms with Crippen molar-refractivity contribution in [3.05, 3.63) is 11.4 Å². The number of rotatable bonds is 3. The van der Waals surface area contributed by atoms with E-state index in [1.165, 1.54) is 0 Å². The maximum atomic E-state index is 5.45. The lowest BCUT2D eigenvalue weighted by Gasteiger charge is -2.10. The Morgan fingerprint density at radius 2 is 2.00 bits per heavy atom. The number of nitrogen functional groups attached to an aromatic ring is 1. The zero-order valence-corrected chi connectivity index (χ0v) is 7.42. The molecule has 0 fully saturated rings. The molecule has 1 aromatic rings. The zero-order chi connectivity index (χ0) is 9.14. The molecule has 0 saturated carbocycles. The molecule has 0 radical (unpaired) electrons. The fourth-order valence-electron chi connectivity index (χ4n) is 1.05. The van der Waals surface area contributed by atoms with Crippen molar-refractivity contribution in [2.24, 2.45) is 0 Å². The van der Waals surface area contributed by atoms with E-state index in [0.29, 0.717) is 11.6 Å². The number of aryl methyl sites for hydroxylation is 1. The SMILES string of the molecule is COC(OC)c1nc(N)[nH]c1C. The second-order valence-corrected chi connectivity index (χ2v) is 2.44. The summed E-state index contributed by atoms with van der Waals surface area (Å²) in [7, 11) is 3.11. The molecule has 0 aliphatic rings. The van der Waals surface area contributed by atoms with Crippen LogP contribution < -0.4 is 5.73 Å². The Morgan fingerprint density at radius 1 is 1.42 bits per heavy atom. The molecule has 1 heterocycles. The third kappa shape index (κ3) is 1.57. The molecular formula is C7H13N3O2. The Labute approximate surface area is 70.9 Å². The summed E-state index contributed by atoms with van der Waals surface area (Å²) in [6.45, 7) is 1.86. The van der Waals surface area contributed by atoms with Crippen LogP contribution in [0.25, 0.3) is 0 Å². The van der Waals surface area contributed by atoms with Gasteiger partial charge in [0.1, 0.15) is 5.69 Å². The zero-order valence-electron chi connectivity index (χ0n) is 7.42. The number of aromatic nitrogens is 2. The largest absolute Gasteiger partial charge is 0.369 e. The van der Waals surface area contributed by atoms with Gasteiger partial charge >= 0.3 is 0 Å². The summed E-state index contributed by atoms with van der Waals surface area (Å²) in [6, 6.07) is 0. The predicted octanol–water partition coefficient (Wildman–Crippen LogP) is 0.592. The number of methoxy groups -OCH3 is 2. The van der Waals surface area contributed by atoms with Crippen molar-refractivity contribution in [1.82, 2.24) is 9.97 Å². The number of aromatic amines is 1. The summed E-state index contributed by atoms with van der Waals surface area (Å²) < 4.78 is 10.0. The molecule has 0 aromatic carbocycles. The molecule has 0 bridgehead atoms. The van der Waals surface area contributed by atoms with Gasteiger partial charge in [-0.25, -0.2) is 4.98 Å². The van der Waals surface area contributed by atoms with Crippen LogP contribution in [0, 0.1) is 6.92 Å². The van der Waals surface area contributed by atoms with Gasteiger partial charge in [0.15, 0.2) is 5.95 Å². The highest BCUT2D eigenvalue weighted by Crippen LogP contribution is 2.19. The van der Waals surface area contributed by atoms with Crippen molar-refractivity contribution in [2.75, 3.05) is 20.0 Å². The number of nitrogens with one attached hydrogen (secondary N) is 1. The molecule has 0 unspecified atom stereocenters. The molecule has 0 spiro atoms. The van der Waals surface area contributed by atoms with Crippen molar-refractivity contribution >= 4 is 5.95 Å². The van der Waals surface area contributed by atoms with Gasteiger partial charge in [-0.3, -0.25) is 0 Å². The molecule has 0 atom stereocenters. The van der Waals surface area contributed by atoms with Crippen LogP contribution in [0.3, 0.4) is 0 Å². The lowest BCUT2D eigenvalue weighted by Crippen LogP contribution is -2.05. The van der Waals surface area contributed by atoms with Gasteiger partial charge in [-0.15, -0.1) is 0 Å². The first kappa shape index (κ1) is 9.02. The maximum Gasteiger partial charge on any atom is 0.202 e. The summed E-state index contributed by atoms with van der Waals surface area (Å²) in [5.41, 5.74) is 7.00. The number of anilines is 1. The highest BCUT2D eigenvalue weighted by Gasteiger charge is 2.15. The summed E-state index contributed by atoms with van der Waals surface area (Å²) >= 11 is 0. The van der Waals surface area contributed by atoms with Gasteiger partial charge in [-0.05, 0) is 6.92 Å². The highest BCUT2D eigenvalue weighted by atomic mass is 16.7.